The lowest BCUT2D eigenvalue weighted by Crippen LogP contribution is -2.38. The number of unbranched alkanes of at least 4 members (excludes halogenated alkanes) is 2. The topological polar surface area (TPSA) is 3.24 Å². The summed E-state index contributed by atoms with van der Waals surface area (Å²) in [7, 11) is 0. The number of hydrogen-bond acceptors (Lipinski definition) is 3. The van der Waals surface area contributed by atoms with Crippen LogP contribution in [0.1, 0.15) is 32.6 Å². The van der Waals surface area contributed by atoms with Crippen molar-refractivity contribution in [3.63, 3.8) is 0 Å². The highest BCUT2D eigenvalue weighted by atomic mass is 32.2. The summed E-state index contributed by atoms with van der Waals surface area (Å²) in [6.07, 6.45) is 5.33. The van der Waals surface area contributed by atoms with Crippen LogP contribution in [0, 0.1) is 0 Å². The van der Waals surface area contributed by atoms with Crippen molar-refractivity contribution in [1.82, 2.24) is 4.90 Å². The first-order valence-electron chi connectivity index (χ1n) is 5.81. The molecule has 0 N–H and O–H groups in total. The van der Waals surface area contributed by atoms with E-state index < -0.39 is 0 Å². The van der Waals surface area contributed by atoms with E-state index in [1.807, 2.05) is 0 Å². The molecular weight excluding hydrogens is 210 g/mol. The summed E-state index contributed by atoms with van der Waals surface area (Å²) in [4.78, 5) is 2.64. The van der Waals surface area contributed by atoms with Gasteiger partial charge in [-0.25, -0.2) is 0 Å². The predicted octanol–water partition coefficient (Wildman–Crippen LogP) is 2.91. The molecule has 0 aromatic heterocycles. The molecule has 1 rings (SSSR count). The smallest absolute Gasteiger partial charge is 0.0172 e. The molecule has 1 saturated heterocycles. The normalized spacial score (nSPS) is 24.0. The molecule has 0 aromatic rings. The molecule has 1 aliphatic heterocycles. The third-order valence-corrected chi connectivity index (χ3v) is 4.50. The van der Waals surface area contributed by atoms with E-state index in [1.54, 1.807) is 0 Å². The Hall–Kier alpha value is 0.660. The fourth-order valence-corrected chi connectivity index (χ4v) is 3.33. The Morgan fingerprint density at radius 2 is 2.21 bits per heavy atom. The highest BCUT2D eigenvalue weighted by Crippen LogP contribution is 2.21. The molecule has 1 nitrogen and oxygen atoms in total. The Morgan fingerprint density at radius 1 is 1.36 bits per heavy atom. The number of thiol groups is 1. The predicted molar refractivity (Wildman–Crippen MR) is 70.7 cm³/mol. The van der Waals surface area contributed by atoms with E-state index in [0.717, 1.165) is 11.0 Å². The number of hydrogen-bond donors (Lipinski definition) is 1. The molecule has 1 atom stereocenters. The first kappa shape index (κ1) is 12.7. The van der Waals surface area contributed by atoms with Gasteiger partial charge in [0.05, 0.1) is 0 Å². The third-order valence-electron chi connectivity index (χ3n) is 2.81. The summed E-state index contributed by atoms with van der Waals surface area (Å²) < 4.78 is 0. The summed E-state index contributed by atoms with van der Waals surface area (Å²) >= 11 is 6.39. The van der Waals surface area contributed by atoms with Crippen LogP contribution < -0.4 is 0 Å². The molecule has 84 valence electrons. The maximum absolute atomic E-state index is 4.23. The largest absolute Gasteiger partial charge is 0.301 e. The second-order valence-electron chi connectivity index (χ2n) is 3.99. The van der Waals surface area contributed by atoms with E-state index >= 15 is 0 Å². The van der Waals surface area contributed by atoms with E-state index in [2.05, 4.69) is 36.2 Å². The monoisotopic (exact) mass is 233 g/mol. The SMILES string of the molecule is CCC1CN(CCCCCS)CCS1. The fourth-order valence-electron chi connectivity index (χ4n) is 1.85. The molecular formula is C11H23NS2. The molecule has 1 aliphatic rings. The van der Waals surface area contributed by atoms with Crippen molar-refractivity contribution < 1.29 is 0 Å². The van der Waals surface area contributed by atoms with Gasteiger partial charge in [-0.1, -0.05) is 13.3 Å². The molecule has 1 fully saturated rings. The van der Waals surface area contributed by atoms with Crippen LogP contribution in [0.25, 0.3) is 0 Å². The summed E-state index contributed by atoms with van der Waals surface area (Å²) in [5, 5.41) is 0.897. The molecule has 1 heterocycles. The molecule has 0 spiro atoms. The van der Waals surface area contributed by atoms with Gasteiger partial charge in [0.15, 0.2) is 0 Å². The van der Waals surface area contributed by atoms with Crippen LogP contribution in [-0.4, -0.2) is 41.3 Å². The fraction of sp³-hybridized carbons (Fsp3) is 1.00. The molecule has 1 unspecified atom stereocenters. The van der Waals surface area contributed by atoms with Gasteiger partial charge in [0.2, 0.25) is 0 Å². The minimum absolute atomic E-state index is 0.897. The zero-order valence-corrected chi connectivity index (χ0v) is 11.0. The van der Waals surface area contributed by atoms with Crippen LogP contribution in [0.3, 0.4) is 0 Å². The van der Waals surface area contributed by atoms with Gasteiger partial charge in [-0.15, -0.1) is 0 Å². The van der Waals surface area contributed by atoms with Gasteiger partial charge >= 0.3 is 0 Å². The van der Waals surface area contributed by atoms with E-state index in [4.69, 9.17) is 0 Å². The van der Waals surface area contributed by atoms with Crippen molar-refractivity contribution in [3.05, 3.63) is 0 Å². The highest BCUT2D eigenvalue weighted by Gasteiger charge is 2.17. The van der Waals surface area contributed by atoms with Crippen molar-refractivity contribution in [1.29, 1.82) is 0 Å². The molecule has 0 aromatic carbocycles. The number of thioether (sulfide) groups is 1. The van der Waals surface area contributed by atoms with Crippen molar-refractivity contribution in [2.75, 3.05) is 31.1 Å². The summed E-state index contributed by atoms with van der Waals surface area (Å²) in [5.74, 6) is 2.39. The van der Waals surface area contributed by atoms with Gasteiger partial charge in [0.25, 0.3) is 0 Å². The highest BCUT2D eigenvalue weighted by molar-refractivity contribution is 8.00. The van der Waals surface area contributed by atoms with Crippen molar-refractivity contribution in [3.8, 4) is 0 Å². The zero-order chi connectivity index (χ0) is 10.2. The summed E-state index contributed by atoms with van der Waals surface area (Å²) in [6.45, 7) is 6.25. The van der Waals surface area contributed by atoms with E-state index in [1.165, 1.54) is 51.1 Å². The van der Waals surface area contributed by atoms with Crippen LogP contribution in [0.5, 0.6) is 0 Å². The minimum Gasteiger partial charge on any atom is -0.301 e. The minimum atomic E-state index is 0.897. The average Bonchev–Trinajstić information content (AvgIpc) is 2.25. The molecule has 14 heavy (non-hydrogen) atoms. The molecule has 0 saturated carbocycles. The Kier molecular flexibility index (Phi) is 7.17. The second-order valence-corrected chi connectivity index (χ2v) is 5.84. The summed E-state index contributed by atoms with van der Waals surface area (Å²) in [5.41, 5.74) is 0. The van der Waals surface area contributed by atoms with Crippen LogP contribution >= 0.6 is 24.4 Å². The first-order chi connectivity index (χ1) is 6.86. The quantitative estimate of drug-likeness (QED) is 0.555. The van der Waals surface area contributed by atoms with Crippen molar-refractivity contribution in [2.24, 2.45) is 0 Å². The van der Waals surface area contributed by atoms with Crippen LogP contribution in [0.2, 0.25) is 0 Å². The lowest BCUT2D eigenvalue weighted by Gasteiger charge is -2.31. The van der Waals surface area contributed by atoms with Crippen molar-refractivity contribution >= 4 is 24.4 Å². The lowest BCUT2D eigenvalue weighted by molar-refractivity contribution is 0.275. The standard InChI is InChI=1S/C11H23NS2/c1-2-11-10-12(7-9-14-11)6-4-3-5-8-13/h11,13H,2-10H2,1H3. The Morgan fingerprint density at radius 3 is 2.93 bits per heavy atom. The maximum Gasteiger partial charge on any atom is 0.0172 e. The second kappa shape index (κ2) is 7.89. The molecule has 3 heteroatoms. The average molecular weight is 233 g/mol. The third kappa shape index (κ3) is 4.94. The summed E-state index contributed by atoms with van der Waals surface area (Å²) in [6, 6.07) is 0. The Balaban J connectivity index is 2.05. The van der Waals surface area contributed by atoms with Crippen LogP contribution in [0.15, 0.2) is 0 Å². The van der Waals surface area contributed by atoms with E-state index in [9.17, 15) is 0 Å². The van der Waals surface area contributed by atoms with Gasteiger partial charge in [-0.05, 0) is 31.6 Å². The Labute approximate surface area is 98.4 Å². The molecule has 0 aliphatic carbocycles. The van der Waals surface area contributed by atoms with Crippen LogP contribution in [0.4, 0.5) is 0 Å². The van der Waals surface area contributed by atoms with Gasteiger partial charge < -0.3 is 4.90 Å². The maximum atomic E-state index is 4.23. The van der Waals surface area contributed by atoms with Gasteiger partial charge in [-0.3, -0.25) is 0 Å². The van der Waals surface area contributed by atoms with Crippen molar-refractivity contribution in [2.45, 2.75) is 37.9 Å². The number of nitrogens with zero attached hydrogens (tertiary/aromatic N) is 1. The van der Waals surface area contributed by atoms with Crippen LogP contribution in [-0.2, 0) is 0 Å². The van der Waals surface area contributed by atoms with Gasteiger partial charge in [0, 0.05) is 24.1 Å². The molecule has 0 bridgehead atoms. The van der Waals surface area contributed by atoms with E-state index in [0.29, 0.717) is 0 Å². The lowest BCUT2D eigenvalue weighted by atomic mass is 10.2. The van der Waals surface area contributed by atoms with Gasteiger partial charge in [0.1, 0.15) is 0 Å². The first-order valence-corrected chi connectivity index (χ1v) is 7.49. The Bertz CT molecular complexity index is 141. The zero-order valence-electron chi connectivity index (χ0n) is 9.24. The molecule has 0 amide bonds. The molecule has 0 radical (unpaired) electrons. The van der Waals surface area contributed by atoms with Gasteiger partial charge in [-0.2, -0.15) is 24.4 Å². The number of rotatable bonds is 6. The van der Waals surface area contributed by atoms with E-state index in [-0.39, 0.29) is 0 Å².